The molecule has 0 saturated heterocycles. The quantitative estimate of drug-likeness (QED) is 0.429. The first-order chi connectivity index (χ1) is 12.7. The van der Waals surface area contributed by atoms with E-state index in [1.165, 1.54) is 5.56 Å². The Kier molecular flexibility index (Phi) is 4.29. The minimum absolute atomic E-state index is 0.0402. The van der Waals surface area contributed by atoms with Crippen molar-refractivity contribution in [1.82, 2.24) is 15.0 Å². The van der Waals surface area contributed by atoms with E-state index in [0.29, 0.717) is 6.54 Å². The summed E-state index contributed by atoms with van der Waals surface area (Å²) in [6.45, 7) is 4.87. The minimum Gasteiger partial charge on any atom is -0.392 e. The van der Waals surface area contributed by atoms with E-state index >= 15 is 0 Å². The smallest absolute Gasteiger partial charge is 0.335 e. The van der Waals surface area contributed by atoms with Gasteiger partial charge in [-0.05, 0) is 27.7 Å². The number of fused-ring (bicyclic) bond motifs is 1. The number of nitrogens with one attached hydrogen (secondary N) is 1. The van der Waals surface area contributed by atoms with Gasteiger partial charge < -0.3 is 10.1 Å². The molecule has 0 radical (unpaired) electrons. The lowest BCUT2D eigenvalue weighted by Gasteiger charge is -2.02. The molecule has 128 valence electrons. The van der Waals surface area contributed by atoms with Gasteiger partial charge in [0, 0.05) is 5.69 Å². The van der Waals surface area contributed by atoms with Crippen LogP contribution in [0.2, 0.25) is 0 Å². The maximum atomic E-state index is 9.19. The first-order valence-corrected chi connectivity index (χ1v) is 8.40. The van der Waals surface area contributed by atoms with E-state index in [-0.39, 0.29) is 6.61 Å². The van der Waals surface area contributed by atoms with Crippen molar-refractivity contribution in [2.75, 3.05) is 0 Å². The van der Waals surface area contributed by atoms with Gasteiger partial charge in [-0.15, -0.1) is 0 Å². The number of nitrogens with zero attached hydrogens (tertiary/aromatic N) is 3. The van der Waals surface area contributed by atoms with Crippen LogP contribution in [-0.2, 0) is 13.2 Å². The molecule has 0 saturated carbocycles. The highest BCUT2D eigenvalue weighted by atomic mass is 16.3. The molecule has 0 bridgehead atoms. The number of hydrogen-bond acceptors (Lipinski definition) is 3. The SMILES string of the molecule is C=[N+](Cc1ccccc1)c1ncnc2[nH]c(-c3ccc(CO)cc3)cc12. The highest BCUT2D eigenvalue weighted by Gasteiger charge is 2.18. The Morgan fingerprint density at radius 1 is 0.962 bits per heavy atom. The van der Waals surface area contributed by atoms with Crippen LogP contribution in [0.5, 0.6) is 0 Å². The molecule has 0 aliphatic heterocycles. The number of aliphatic hydroxyl groups excluding tert-OH is 1. The van der Waals surface area contributed by atoms with E-state index in [0.717, 1.165) is 33.7 Å². The molecule has 0 fully saturated rings. The van der Waals surface area contributed by atoms with Crippen LogP contribution in [0, 0.1) is 0 Å². The highest BCUT2D eigenvalue weighted by molar-refractivity contribution is 5.88. The van der Waals surface area contributed by atoms with Crippen molar-refractivity contribution in [1.29, 1.82) is 0 Å². The van der Waals surface area contributed by atoms with E-state index in [2.05, 4.69) is 33.8 Å². The number of aliphatic hydroxyl groups is 1. The van der Waals surface area contributed by atoms with Crippen molar-refractivity contribution in [2.24, 2.45) is 0 Å². The molecule has 2 aromatic carbocycles. The summed E-state index contributed by atoms with van der Waals surface area (Å²) >= 11 is 0. The average molecular weight is 343 g/mol. The molecule has 4 aromatic rings. The van der Waals surface area contributed by atoms with Gasteiger partial charge >= 0.3 is 5.82 Å². The zero-order valence-corrected chi connectivity index (χ0v) is 14.3. The number of aromatic nitrogens is 3. The summed E-state index contributed by atoms with van der Waals surface area (Å²) in [5, 5.41) is 10.1. The number of benzene rings is 2. The maximum Gasteiger partial charge on any atom is 0.335 e. The molecule has 5 heteroatoms. The molecule has 0 atom stereocenters. The first kappa shape index (κ1) is 16.2. The molecular formula is C21H19N4O+. The molecule has 0 spiro atoms. The van der Waals surface area contributed by atoms with Gasteiger partial charge in [0.2, 0.25) is 6.33 Å². The Morgan fingerprint density at radius 2 is 1.73 bits per heavy atom. The normalized spacial score (nSPS) is 11.0. The van der Waals surface area contributed by atoms with E-state index in [4.69, 9.17) is 0 Å². The molecular weight excluding hydrogens is 324 g/mol. The van der Waals surface area contributed by atoms with Crippen molar-refractivity contribution in [3.05, 3.63) is 78.1 Å². The molecule has 26 heavy (non-hydrogen) atoms. The molecule has 0 unspecified atom stereocenters. The van der Waals surface area contributed by atoms with E-state index in [1.54, 1.807) is 6.33 Å². The minimum atomic E-state index is 0.0402. The van der Waals surface area contributed by atoms with Crippen LogP contribution < -0.4 is 0 Å². The van der Waals surface area contributed by atoms with Crippen LogP contribution in [0.1, 0.15) is 11.1 Å². The zero-order chi connectivity index (χ0) is 17.9. The summed E-state index contributed by atoms with van der Waals surface area (Å²) in [6.07, 6.45) is 1.55. The summed E-state index contributed by atoms with van der Waals surface area (Å²) in [6, 6.07) is 20.0. The third-order valence-electron chi connectivity index (χ3n) is 4.37. The fourth-order valence-corrected chi connectivity index (χ4v) is 3.00. The molecule has 0 amide bonds. The van der Waals surface area contributed by atoms with Gasteiger partial charge in [-0.25, -0.2) is 4.58 Å². The van der Waals surface area contributed by atoms with Crippen LogP contribution in [0.4, 0.5) is 5.82 Å². The second kappa shape index (κ2) is 6.90. The predicted molar refractivity (Wildman–Crippen MR) is 102 cm³/mol. The molecule has 2 aromatic heterocycles. The summed E-state index contributed by atoms with van der Waals surface area (Å²) in [5.41, 5.74) is 4.82. The van der Waals surface area contributed by atoms with Crippen LogP contribution in [0.25, 0.3) is 22.3 Å². The third kappa shape index (κ3) is 3.12. The summed E-state index contributed by atoms with van der Waals surface area (Å²) < 4.78 is 1.88. The Labute approximate surface area is 151 Å². The fraction of sp³-hybridized carbons (Fsp3) is 0.0952. The summed E-state index contributed by atoms with van der Waals surface area (Å²) in [7, 11) is 0. The zero-order valence-electron chi connectivity index (χ0n) is 14.3. The second-order valence-electron chi connectivity index (χ2n) is 6.18. The third-order valence-corrected chi connectivity index (χ3v) is 4.37. The van der Waals surface area contributed by atoms with Crippen molar-refractivity contribution < 1.29 is 9.68 Å². The van der Waals surface area contributed by atoms with Crippen LogP contribution in [0.3, 0.4) is 0 Å². The lowest BCUT2D eigenvalue weighted by Crippen LogP contribution is -2.05. The Hall–Kier alpha value is -3.31. The van der Waals surface area contributed by atoms with Crippen LogP contribution in [0.15, 0.2) is 67.0 Å². The second-order valence-corrected chi connectivity index (χ2v) is 6.18. The van der Waals surface area contributed by atoms with Crippen molar-refractivity contribution in [3.63, 3.8) is 0 Å². The molecule has 4 rings (SSSR count). The van der Waals surface area contributed by atoms with Gasteiger partial charge in [0.15, 0.2) is 0 Å². The standard InChI is InChI=1S/C21H19N4O/c1-25(12-15-5-3-2-4-6-15)21-18-11-19(24-20(18)22-14-23-21)17-9-7-16(13-26)8-10-17/h2-11,14,26H,1,12-13H2,(H,22,23,24)/q+1. The van der Waals surface area contributed by atoms with Gasteiger partial charge in [-0.3, -0.25) is 0 Å². The monoisotopic (exact) mass is 343 g/mol. The lowest BCUT2D eigenvalue weighted by atomic mass is 10.1. The van der Waals surface area contributed by atoms with Gasteiger partial charge in [0.25, 0.3) is 0 Å². The first-order valence-electron chi connectivity index (χ1n) is 8.40. The summed E-state index contributed by atoms with van der Waals surface area (Å²) in [4.78, 5) is 12.1. The Bertz CT molecular complexity index is 1050. The predicted octanol–water partition coefficient (Wildman–Crippen LogP) is 3.66. The lowest BCUT2D eigenvalue weighted by molar-refractivity contribution is -0.451. The van der Waals surface area contributed by atoms with Gasteiger partial charge in [-0.1, -0.05) is 54.6 Å². The average Bonchev–Trinajstić information content (AvgIpc) is 3.13. The number of aromatic amines is 1. The van der Waals surface area contributed by atoms with Crippen molar-refractivity contribution in [3.8, 4) is 11.3 Å². The van der Waals surface area contributed by atoms with Gasteiger partial charge in [-0.2, -0.15) is 4.98 Å². The van der Waals surface area contributed by atoms with Crippen LogP contribution in [-0.4, -0.2) is 31.4 Å². The Morgan fingerprint density at radius 3 is 2.46 bits per heavy atom. The van der Waals surface area contributed by atoms with Gasteiger partial charge in [0.1, 0.15) is 17.6 Å². The topological polar surface area (TPSA) is 64.8 Å². The van der Waals surface area contributed by atoms with E-state index in [1.807, 2.05) is 53.1 Å². The largest absolute Gasteiger partial charge is 0.392 e. The van der Waals surface area contributed by atoms with E-state index < -0.39 is 0 Å². The molecule has 2 N–H and O–H groups in total. The molecule has 0 aliphatic rings. The molecule has 5 nitrogen and oxygen atoms in total. The molecule has 2 heterocycles. The summed E-state index contributed by atoms with van der Waals surface area (Å²) in [5.74, 6) is 0.785. The van der Waals surface area contributed by atoms with E-state index in [9.17, 15) is 5.11 Å². The number of H-pyrrole nitrogens is 1. The molecule has 0 aliphatic carbocycles. The number of rotatable bonds is 5. The number of hydrogen-bond donors (Lipinski definition) is 2. The van der Waals surface area contributed by atoms with Gasteiger partial charge in [0.05, 0.1) is 13.3 Å². The Balaban J connectivity index is 1.70. The maximum absolute atomic E-state index is 9.19. The highest BCUT2D eigenvalue weighted by Crippen LogP contribution is 2.28. The van der Waals surface area contributed by atoms with Crippen LogP contribution >= 0.6 is 0 Å². The van der Waals surface area contributed by atoms with Crippen molar-refractivity contribution in [2.45, 2.75) is 13.2 Å². The fourth-order valence-electron chi connectivity index (χ4n) is 3.00. The van der Waals surface area contributed by atoms with Crippen molar-refractivity contribution >= 4 is 23.6 Å².